The predicted molar refractivity (Wildman–Crippen MR) is 122 cm³/mol. The predicted octanol–water partition coefficient (Wildman–Crippen LogP) is 2.43. The van der Waals surface area contributed by atoms with Gasteiger partial charge in [0.25, 0.3) is 5.56 Å². The van der Waals surface area contributed by atoms with Crippen molar-refractivity contribution < 1.29 is 4.79 Å². The first kappa shape index (κ1) is 22.3. The van der Waals surface area contributed by atoms with E-state index in [4.69, 9.17) is 0 Å². The van der Waals surface area contributed by atoms with E-state index in [0.717, 1.165) is 62.6 Å². The molecule has 1 aromatic rings. The second kappa shape index (κ2) is 8.23. The number of rotatable bonds is 4. The Labute approximate surface area is 184 Å². The SMILES string of the molecule is CC1(C)CC(NC(=O)Cn2c3c(c(=O)n(C4CCCCC4)c2=O)CCC3)CC(C)(C)N1. The van der Waals surface area contributed by atoms with Crippen molar-refractivity contribution in [2.45, 2.75) is 122 Å². The maximum atomic E-state index is 13.4. The molecule has 1 saturated carbocycles. The number of hydrogen-bond donors (Lipinski definition) is 2. The van der Waals surface area contributed by atoms with Crippen LogP contribution in [0, 0.1) is 0 Å². The lowest BCUT2D eigenvalue weighted by atomic mass is 9.79. The van der Waals surface area contributed by atoms with Crippen molar-refractivity contribution in [1.29, 1.82) is 0 Å². The van der Waals surface area contributed by atoms with Gasteiger partial charge in [0.05, 0.1) is 0 Å². The summed E-state index contributed by atoms with van der Waals surface area (Å²) in [4.78, 5) is 39.6. The molecule has 2 aliphatic carbocycles. The maximum absolute atomic E-state index is 13.4. The molecule has 0 radical (unpaired) electrons. The highest BCUT2D eigenvalue weighted by Crippen LogP contribution is 2.29. The summed E-state index contributed by atoms with van der Waals surface area (Å²) in [6, 6.07) is 0.0340. The van der Waals surface area contributed by atoms with E-state index in [1.807, 2.05) is 0 Å². The molecule has 172 valence electrons. The van der Waals surface area contributed by atoms with Crippen LogP contribution in [0.5, 0.6) is 0 Å². The number of nitrogens with zero attached hydrogens (tertiary/aromatic N) is 2. The van der Waals surface area contributed by atoms with Crippen molar-refractivity contribution in [3.63, 3.8) is 0 Å². The monoisotopic (exact) mass is 430 g/mol. The third-order valence-corrected chi connectivity index (χ3v) is 7.23. The van der Waals surface area contributed by atoms with E-state index in [9.17, 15) is 14.4 Å². The van der Waals surface area contributed by atoms with E-state index >= 15 is 0 Å². The lowest BCUT2D eigenvalue weighted by Crippen LogP contribution is -2.62. The van der Waals surface area contributed by atoms with Crippen molar-refractivity contribution in [3.05, 3.63) is 32.1 Å². The summed E-state index contributed by atoms with van der Waals surface area (Å²) < 4.78 is 3.08. The van der Waals surface area contributed by atoms with Crippen LogP contribution in [-0.4, -0.2) is 32.2 Å². The molecule has 2 fully saturated rings. The molecule has 0 atom stereocenters. The van der Waals surface area contributed by atoms with Gasteiger partial charge in [0, 0.05) is 34.4 Å². The second-order valence-electron chi connectivity index (χ2n) is 11.2. The number of fused-ring (bicyclic) bond motifs is 1. The van der Waals surface area contributed by atoms with Gasteiger partial charge in [0.1, 0.15) is 6.54 Å². The summed E-state index contributed by atoms with van der Waals surface area (Å²) in [5.74, 6) is -0.136. The van der Waals surface area contributed by atoms with Gasteiger partial charge in [-0.25, -0.2) is 4.79 Å². The van der Waals surface area contributed by atoms with Gasteiger partial charge < -0.3 is 10.6 Å². The average molecular weight is 431 g/mol. The Morgan fingerprint density at radius 1 is 1.00 bits per heavy atom. The average Bonchev–Trinajstić information content (AvgIpc) is 3.13. The molecule has 0 spiro atoms. The van der Waals surface area contributed by atoms with Gasteiger partial charge in [-0.3, -0.25) is 18.7 Å². The molecular formula is C24H38N4O3. The zero-order valence-corrected chi connectivity index (χ0v) is 19.6. The first-order valence-corrected chi connectivity index (χ1v) is 12.0. The van der Waals surface area contributed by atoms with E-state index in [-0.39, 0.29) is 46.9 Å². The number of piperidine rings is 1. The van der Waals surface area contributed by atoms with Crippen molar-refractivity contribution in [3.8, 4) is 0 Å². The van der Waals surface area contributed by atoms with Crippen LogP contribution in [0.1, 0.15) is 96.4 Å². The quantitative estimate of drug-likeness (QED) is 0.768. The lowest BCUT2D eigenvalue weighted by Gasteiger charge is -2.46. The summed E-state index contributed by atoms with van der Waals surface area (Å²) in [7, 11) is 0. The Kier molecular flexibility index (Phi) is 5.92. The molecule has 2 heterocycles. The van der Waals surface area contributed by atoms with E-state index in [1.54, 1.807) is 4.57 Å². The minimum atomic E-state index is -0.293. The Bertz CT molecular complexity index is 950. The number of nitrogens with one attached hydrogen (secondary N) is 2. The molecule has 0 bridgehead atoms. The molecule has 4 rings (SSSR count). The summed E-state index contributed by atoms with van der Waals surface area (Å²) in [5.41, 5.74) is 1.00. The minimum absolute atomic E-state index is 0.00104. The standard InChI is InChI=1S/C24H38N4O3/c1-23(2)13-16(14-24(3,4)26-23)25-20(29)15-27-19-12-8-11-18(19)21(30)28(22(27)31)17-9-6-5-7-10-17/h16-17,26H,5-15H2,1-4H3,(H,25,29). The van der Waals surface area contributed by atoms with Crippen molar-refractivity contribution in [2.75, 3.05) is 0 Å². The van der Waals surface area contributed by atoms with Gasteiger partial charge in [-0.1, -0.05) is 19.3 Å². The third-order valence-electron chi connectivity index (χ3n) is 7.23. The normalized spacial score (nSPS) is 23.5. The van der Waals surface area contributed by atoms with Gasteiger partial charge >= 0.3 is 5.69 Å². The molecule has 0 unspecified atom stereocenters. The first-order chi connectivity index (χ1) is 14.6. The molecular weight excluding hydrogens is 392 g/mol. The zero-order valence-electron chi connectivity index (χ0n) is 19.6. The van der Waals surface area contributed by atoms with Gasteiger partial charge in [-0.05, 0) is 72.6 Å². The Hall–Kier alpha value is -1.89. The van der Waals surface area contributed by atoms with E-state index in [1.165, 1.54) is 4.57 Å². The Balaban J connectivity index is 1.60. The molecule has 31 heavy (non-hydrogen) atoms. The summed E-state index contributed by atoms with van der Waals surface area (Å²) in [5, 5.41) is 6.82. The molecule has 2 N–H and O–H groups in total. The molecule has 1 saturated heterocycles. The number of aromatic nitrogens is 2. The van der Waals surface area contributed by atoms with E-state index in [0.29, 0.717) is 12.8 Å². The molecule has 7 heteroatoms. The van der Waals surface area contributed by atoms with Crippen LogP contribution in [0.15, 0.2) is 9.59 Å². The second-order valence-corrected chi connectivity index (χ2v) is 11.2. The molecule has 1 aliphatic heterocycles. The fraction of sp³-hybridized carbons (Fsp3) is 0.792. The summed E-state index contributed by atoms with van der Waals surface area (Å²) in [6.45, 7) is 8.63. The van der Waals surface area contributed by atoms with Crippen LogP contribution in [0.25, 0.3) is 0 Å². The van der Waals surface area contributed by atoms with E-state index in [2.05, 4.69) is 38.3 Å². The van der Waals surface area contributed by atoms with Gasteiger partial charge in [0.2, 0.25) is 5.91 Å². The third kappa shape index (κ3) is 4.66. The van der Waals surface area contributed by atoms with Crippen molar-refractivity contribution >= 4 is 5.91 Å². The highest BCUT2D eigenvalue weighted by molar-refractivity contribution is 5.76. The highest BCUT2D eigenvalue weighted by atomic mass is 16.2. The van der Waals surface area contributed by atoms with Gasteiger partial charge in [0.15, 0.2) is 0 Å². The molecule has 7 nitrogen and oxygen atoms in total. The fourth-order valence-electron chi connectivity index (χ4n) is 6.40. The van der Waals surface area contributed by atoms with Crippen LogP contribution < -0.4 is 21.9 Å². The van der Waals surface area contributed by atoms with Gasteiger partial charge in [-0.2, -0.15) is 0 Å². The fourth-order valence-corrected chi connectivity index (χ4v) is 6.40. The van der Waals surface area contributed by atoms with Crippen LogP contribution in [0.3, 0.4) is 0 Å². The Morgan fingerprint density at radius 2 is 1.65 bits per heavy atom. The number of hydrogen-bond acceptors (Lipinski definition) is 4. The summed E-state index contributed by atoms with van der Waals surface area (Å²) >= 11 is 0. The summed E-state index contributed by atoms with van der Waals surface area (Å²) in [6.07, 6.45) is 8.98. The van der Waals surface area contributed by atoms with Crippen LogP contribution in [0.2, 0.25) is 0 Å². The molecule has 1 amide bonds. The molecule has 3 aliphatic rings. The lowest BCUT2D eigenvalue weighted by molar-refractivity contribution is -0.123. The van der Waals surface area contributed by atoms with Crippen molar-refractivity contribution in [2.24, 2.45) is 0 Å². The van der Waals surface area contributed by atoms with Crippen LogP contribution >= 0.6 is 0 Å². The smallest absolute Gasteiger partial charge is 0.331 e. The van der Waals surface area contributed by atoms with Crippen LogP contribution in [-0.2, 0) is 24.2 Å². The van der Waals surface area contributed by atoms with Crippen molar-refractivity contribution in [1.82, 2.24) is 19.8 Å². The minimum Gasteiger partial charge on any atom is -0.352 e. The molecule has 0 aromatic carbocycles. The largest absolute Gasteiger partial charge is 0.352 e. The maximum Gasteiger partial charge on any atom is 0.331 e. The Morgan fingerprint density at radius 3 is 2.29 bits per heavy atom. The van der Waals surface area contributed by atoms with Gasteiger partial charge in [-0.15, -0.1) is 0 Å². The number of amides is 1. The molecule has 1 aromatic heterocycles. The zero-order chi connectivity index (χ0) is 22.4. The number of carbonyl (C=O) groups excluding carboxylic acids is 1. The first-order valence-electron chi connectivity index (χ1n) is 12.0. The number of carbonyl (C=O) groups is 1. The topological polar surface area (TPSA) is 85.1 Å². The highest BCUT2D eigenvalue weighted by Gasteiger charge is 2.38. The van der Waals surface area contributed by atoms with Crippen LogP contribution in [0.4, 0.5) is 0 Å². The van der Waals surface area contributed by atoms with E-state index < -0.39 is 0 Å².